The van der Waals surface area contributed by atoms with Crippen LogP contribution in [0.3, 0.4) is 0 Å². The van der Waals surface area contributed by atoms with Crippen molar-refractivity contribution in [1.29, 1.82) is 0 Å². The second kappa shape index (κ2) is 5.59. The number of ether oxygens (including phenoxy) is 1. The van der Waals surface area contributed by atoms with Crippen molar-refractivity contribution < 1.29 is 19.4 Å². The largest absolute Gasteiger partial charge is 0.481 e. The summed E-state index contributed by atoms with van der Waals surface area (Å²) in [7, 11) is 0. The minimum absolute atomic E-state index is 0.0930. The van der Waals surface area contributed by atoms with Gasteiger partial charge in [-0.25, -0.2) is 4.79 Å². The molecule has 0 bridgehead atoms. The number of carboxylic acid groups (broad SMARTS) is 1. The van der Waals surface area contributed by atoms with Crippen LogP contribution in [0.2, 0.25) is 0 Å². The number of piperidine rings is 1. The number of carboxylic acids is 1. The minimum Gasteiger partial charge on any atom is -0.481 e. The van der Waals surface area contributed by atoms with Crippen LogP contribution in [0.25, 0.3) is 0 Å². The molecule has 1 aliphatic rings. The van der Waals surface area contributed by atoms with E-state index in [0.717, 1.165) is 12.8 Å². The molecule has 1 fully saturated rings. The number of hydrogen-bond acceptors (Lipinski definition) is 3. The third kappa shape index (κ3) is 3.89. The van der Waals surface area contributed by atoms with Gasteiger partial charge in [-0.3, -0.25) is 4.79 Å². The van der Waals surface area contributed by atoms with Gasteiger partial charge in [0.1, 0.15) is 5.60 Å². The fourth-order valence-corrected chi connectivity index (χ4v) is 2.20. The maximum absolute atomic E-state index is 12.1. The van der Waals surface area contributed by atoms with E-state index in [2.05, 4.69) is 0 Å². The Morgan fingerprint density at radius 1 is 1.33 bits per heavy atom. The summed E-state index contributed by atoms with van der Waals surface area (Å²) in [6.45, 7) is 7.69. The standard InChI is InChI=1S/C13H23NO4/c1-5-10-7-6-9(11(15)16)8-14(10)12(17)18-13(2,3)4/h9-10H,5-8H2,1-4H3,(H,15,16). The van der Waals surface area contributed by atoms with Crippen LogP contribution < -0.4 is 0 Å². The maximum Gasteiger partial charge on any atom is 0.410 e. The summed E-state index contributed by atoms with van der Waals surface area (Å²) in [4.78, 5) is 24.7. The van der Waals surface area contributed by atoms with Crippen LogP contribution in [-0.2, 0) is 9.53 Å². The van der Waals surface area contributed by atoms with Crippen LogP contribution in [0, 0.1) is 5.92 Å². The van der Waals surface area contributed by atoms with Crippen LogP contribution in [0.5, 0.6) is 0 Å². The van der Waals surface area contributed by atoms with E-state index in [1.165, 1.54) is 0 Å². The molecule has 0 saturated carbocycles. The first-order valence-electron chi connectivity index (χ1n) is 6.47. The molecule has 0 spiro atoms. The average Bonchev–Trinajstić information content (AvgIpc) is 2.25. The molecule has 1 heterocycles. The van der Waals surface area contributed by atoms with Gasteiger partial charge < -0.3 is 14.7 Å². The smallest absolute Gasteiger partial charge is 0.410 e. The van der Waals surface area contributed by atoms with Gasteiger partial charge in [0.15, 0.2) is 0 Å². The normalized spacial score (nSPS) is 24.8. The molecule has 2 unspecified atom stereocenters. The number of aliphatic carboxylic acids is 1. The van der Waals surface area contributed by atoms with E-state index in [4.69, 9.17) is 9.84 Å². The molecule has 0 aliphatic carbocycles. The Bertz CT molecular complexity index is 321. The lowest BCUT2D eigenvalue weighted by atomic mass is 9.92. The molecule has 0 aromatic heterocycles. The third-order valence-corrected chi connectivity index (χ3v) is 3.15. The van der Waals surface area contributed by atoms with Crippen molar-refractivity contribution in [3.05, 3.63) is 0 Å². The van der Waals surface area contributed by atoms with Gasteiger partial charge in [0.05, 0.1) is 5.92 Å². The predicted molar refractivity (Wildman–Crippen MR) is 67.4 cm³/mol. The van der Waals surface area contributed by atoms with E-state index < -0.39 is 23.6 Å². The molecule has 1 amide bonds. The Kier molecular flexibility index (Phi) is 4.59. The number of nitrogens with zero attached hydrogens (tertiary/aromatic N) is 1. The zero-order valence-corrected chi connectivity index (χ0v) is 11.6. The van der Waals surface area contributed by atoms with Gasteiger partial charge in [0.25, 0.3) is 0 Å². The first-order chi connectivity index (χ1) is 8.24. The molecule has 104 valence electrons. The summed E-state index contributed by atoms with van der Waals surface area (Å²) in [5.74, 6) is -1.31. The SMILES string of the molecule is CCC1CCC(C(=O)O)CN1C(=O)OC(C)(C)C. The van der Waals surface area contributed by atoms with E-state index in [-0.39, 0.29) is 12.6 Å². The molecule has 1 N–H and O–H groups in total. The van der Waals surface area contributed by atoms with E-state index in [0.29, 0.717) is 6.42 Å². The highest BCUT2D eigenvalue weighted by molar-refractivity contribution is 5.73. The third-order valence-electron chi connectivity index (χ3n) is 3.15. The fraction of sp³-hybridized carbons (Fsp3) is 0.846. The van der Waals surface area contributed by atoms with Crippen molar-refractivity contribution in [1.82, 2.24) is 4.90 Å². The van der Waals surface area contributed by atoms with E-state index >= 15 is 0 Å². The summed E-state index contributed by atoms with van der Waals surface area (Å²) in [6, 6.07) is 0.0930. The average molecular weight is 257 g/mol. The minimum atomic E-state index is -0.835. The van der Waals surface area contributed by atoms with Crippen LogP contribution >= 0.6 is 0 Å². The number of carbonyl (C=O) groups is 2. The highest BCUT2D eigenvalue weighted by atomic mass is 16.6. The summed E-state index contributed by atoms with van der Waals surface area (Å²) < 4.78 is 5.33. The van der Waals surface area contributed by atoms with Gasteiger partial charge in [-0.2, -0.15) is 0 Å². The van der Waals surface area contributed by atoms with Gasteiger partial charge in [0.2, 0.25) is 0 Å². The van der Waals surface area contributed by atoms with Crippen molar-refractivity contribution in [2.24, 2.45) is 5.92 Å². The van der Waals surface area contributed by atoms with Crippen LogP contribution in [-0.4, -0.2) is 40.3 Å². The van der Waals surface area contributed by atoms with Crippen molar-refractivity contribution in [2.45, 2.75) is 58.6 Å². The van der Waals surface area contributed by atoms with Gasteiger partial charge in [-0.1, -0.05) is 6.92 Å². The van der Waals surface area contributed by atoms with Gasteiger partial charge >= 0.3 is 12.1 Å². The number of hydrogen-bond donors (Lipinski definition) is 1. The van der Waals surface area contributed by atoms with Crippen molar-refractivity contribution in [3.8, 4) is 0 Å². The first kappa shape index (κ1) is 14.8. The Hall–Kier alpha value is -1.26. The van der Waals surface area contributed by atoms with Crippen molar-refractivity contribution >= 4 is 12.1 Å². The maximum atomic E-state index is 12.1. The van der Waals surface area contributed by atoms with Crippen molar-refractivity contribution in [2.75, 3.05) is 6.54 Å². The molecular formula is C13H23NO4. The van der Waals surface area contributed by atoms with E-state index in [1.807, 2.05) is 27.7 Å². The van der Waals surface area contributed by atoms with Gasteiger partial charge in [-0.15, -0.1) is 0 Å². The lowest BCUT2D eigenvalue weighted by molar-refractivity contribution is -0.144. The summed E-state index contributed by atoms with van der Waals surface area (Å²) in [5, 5.41) is 9.05. The van der Waals surface area contributed by atoms with Crippen LogP contribution in [0.15, 0.2) is 0 Å². The number of likely N-dealkylation sites (tertiary alicyclic amines) is 1. The quantitative estimate of drug-likeness (QED) is 0.825. The summed E-state index contributed by atoms with van der Waals surface area (Å²) in [5.41, 5.74) is -0.550. The molecule has 0 aromatic carbocycles. The van der Waals surface area contributed by atoms with Gasteiger partial charge in [0, 0.05) is 12.6 Å². The Morgan fingerprint density at radius 3 is 2.39 bits per heavy atom. The summed E-state index contributed by atoms with van der Waals surface area (Å²) >= 11 is 0. The van der Waals surface area contributed by atoms with Crippen molar-refractivity contribution in [3.63, 3.8) is 0 Å². The zero-order valence-electron chi connectivity index (χ0n) is 11.6. The monoisotopic (exact) mass is 257 g/mol. The molecule has 0 radical (unpaired) electrons. The molecule has 1 rings (SSSR count). The zero-order chi connectivity index (χ0) is 13.9. The number of rotatable bonds is 2. The Labute approximate surface area is 108 Å². The molecule has 5 heteroatoms. The first-order valence-corrected chi connectivity index (χ1v) is 6.47. The second-order valence-electron chi connectivity index (χ2n) is 5.81. The molecule has 2 atom stereocenters. The Balaban J connectivity index is 2.74. The highest BCUT2D eigenvalue weighted by Crippen LogP contribution is 2.26. The molecule has 18 heavy (non-hydrogen) atoms. The topological polar surface area (TPSA) is 66.8 Å². The molecule has 1 aliphatic heterocycles. The van der Waals surface area contributed by atoms with Gasteiger partial charge in [-0.05, 0) is 40.0 Å². The van der Waals surface area contributed by atoms with E-state index in [9.17, 15) is 9.59 Å². The number of carbonyl (C=O) groups excluding carboxylic acids is 1. The molecule has 0 aromatic rings. The predicted octanol–water partition coefficient (Wildman–Crippen LogP) is 2.50. The second-order valence-corrected chi connectivity index (χ2v) is 5.81. The van der Waals surface area contributed by atoms with Crippen LogP contribution in [0.4, 0.5) is 4.79 Å². The van der Waals surface area contributed by atoms with Crippen LogP contribution in [0.1, 0.15) is 47.0 Å². The molecule has 1 saturated heterocycles. The molecule has 5 nitrogen and oxygen atoms in total. The number of amides is 1. The lowest BCUT2D eigenvalue weighted by Gasteiger charge is -2.38. The Morgan fingerprint density at radius 2 is 1.94 bits per heavy atom. The lowest BCUT2D eigenvalue weighted by Crippen LogP contribution is -2.50. The molecular weight excluding hydrogens is 234 g/mol. The summed E-state index contributed by atoms with van der Waals surface area (Å²) in [6.07, 6.45) is 1.78. The highest BCUT2D eigenvalue weighted by Gasteiger charge is 2.35. The fourth-order valence-electron chi connectivity index (χ4n) is 2.20. The van der Waals surface area contributed by atoms with E-state index in [1.54, 1.807) is 4.90 Å².